The third kappa shape index (κ3) is 5.01. The molecule has 8 nitrogen and oxygen atoms in total. The number of methoxy groups -OCH3 is 2. The van der Waals surface area contributed by atoms with Gasteiger partial charge < -0.3 is 23.6 Å². The third-order valence-electron chi connectivity index (χ3n) is 4.32. The highest BCUT2D eigenvalue weighted by atomic mass is 35.5. The van der Waals surface area contributed by atoms with E-state index < -0.39 is 6.10 Å². The Balaban J connectivity index is 1.67. The van der Waals surface area contributed by atoms with E-state index in [1.807, 2.05) is 0 Å². The van der Waals surface area contributed by atoms with Crippen molar-refractivity contribution in [1.29, 1.82) is 0 Å². The van der Waals surface area contributed by atoms with Crippen LogP contribution in [0.25, 0.3) is 11.4 Å². The summed E-state index contributed by atoms with van der Waals surface area (Å²) >= 11 is 5.95. The Labute approximate surface area is 179 Å². The number of carbonyl (C=O) groups excluding carboxylic acids is 1. The van der Waals surface area contributed by atoms with Crippen LogP contribution in [-0.4, -0.2) is 48.3 Å². The number of rotatable bonds is 8. The summed E-state index contributed by atoms with van der Waals surface area (Å²) in [6, 6.07) is 12.2. The Morgan fingerprint density at radius 3 is 2.67 bits per heavy atom. The molecule has 1 aromatic heterocycles. The van der Waals surface area contributed by atoms with Gasteiger partial charge in [0.2, 0.25) is 11.7 Å². The third-order valence-corrected chi connectivity index (χ3v) is 4.56. The fourth-order valence-electron chi connectivity index (χ4n) is 2.80. The summed E-state index contributed by atoms with van der Waals surface area (Å²) in [4.78, 5) is 18.5. The van der Waals surface area contributed by atoms with Gasteiger partial charge in [-0.15, -0.1) is 0 Å². The van der Waals surface area contributed by atoms with E-state index in [1.165, 1.54) is 4.90 Å². The number of ether oxygens (including phenoxy) is 3. The molecule has 1 atom stereocenters. The molecule has 0 aliphatic rings. The van der Waals surface area contributed by atoms with Crippen LogP contribution in [0.3, 0.4) is 0 Å². The molecule has 0 spiro atoms. The SMILES string of the molecule is COc1ccc(-c2noc(CN(C)C(=O)C(C)Oc3cccc(Cl)c3)n2)c(OC)c1. The van der Waals surface area contributed by atoms with Crippen LogP contribution in [-0.2, 0) is 11.3 Å². The minimum absolute atomic E-state index is 0.132. The van der Waals surface area contributed by atoms with Crippen LogP contribution in [0.1, 0.15) is 12.8 Å². The number of benzene rings is 2. The van der Waals surface area contributed by atoms with Gasteiger partial charge in [0, 0.05) is 18.1 Å². The normalized spacial score (nSPS) is 11.6. The second kappa shape index (κ2) is 9.49. The summed E-state index contributed by atoms with van der Waals surface area (Å²) in [5.41, 5.74) is 0.653. The van der Waals surface area contributed by atoms with Crippen molar-refractivity contribution in [2.24, 2.45) is 0 Å². The van der Waals surface area contributed by atoms with E-state index in [-0.39, 0.29) is 18.3 Å². The number of hydrogen-bond donors (Lipinski definition) is 0. The zero-order valence-electron chi connectivity index (χ0n) is 17.1. The lowest BCUT2D eigenvalue weighted by atomic mass is 10.2. The maximum absolute atomic E-state index is 12.6. The number of aromatic nitrogens is 2. The second-order valence-electron chi connectivity index (χ2n) is 6.49. The molecule has 0 N–H and O–H groups in total. The summed E-state index contributed by atoms with van der Waals surface area (Å²) in [7, 11) is 4.76. The van der Waals surface area contributed by atoms with Gasteiger partial charge in [-0.2, -0.15) is 4.98 Å². The second-order valence-corrected chi connectivity index (χ2v) is 6.93. The highest BCUT2D eigenvalue weighted by molar-refractivity contribution is 6.30. The highest BCUT2D eigenvalue weighted by Crippen LogP contribution is 2.31. The predicted octanol–water partition coefficient (Wildman–Crippen LogP) is 3.83. The van der Waals surface area contributed by atoms with Crippen molar-refractivity contribution in [3.63, 3.8) is 0 Å². The highest BCUT2D eigenvalue weighted by Gasteiger charge is 2.22. The molecule has 1 amide bonds. The molecule has 158 valence electrons. The lowest BCUT2D eigenvalue weighted by molar-refractivity contribution is -0.137. The molecule has 1 heterocycles. The van der Waals surface area contributed by atoms with Crippen molar-refractivity contribution < 1.29 is 23.5 Å². The fraction of sp³-hybridized carbons (Fsp3) is 0.286. The number of hydrogen-bond acceptors (Lipinski definition) is 7. The van der Waals surface area contributed by atoms with E-state index >= 15 is 0 Å². The minimum Gasteiger partial charge on any atom is -0.497 e. The first kappa shape index (κ1) is 21.4. The Morgan fingerprint density at radius 1 is 1.17 bits per heavy atom. The molecular formula is C21H22ClN3O5. The lowest BCUT2D eigenvalue weighted by Crippen LogP contribution is -2.37. The van der Waals surface area contributed by atoms with Gasteiger partial charge in [-0.25, -0.2) is 0 Å². The molecule has 3 aromatic rings. The monoisotopic (exact) mass is 431 g/mol. The van der Waals surface area contributed by atoms with E-state index in [4.69, 9.17) is 30.3 Å². The van der Waals surface area contributed by atoms with Gasteiger partial charge in [0.25, 0.3) is 5.91 Å². The maximum Gasteiger partial charge on any atom is 0.263 e. The summed E-state index contributed by atoms with van der Waals surface area (Å²) in [6.07, 6.45) is -0.711. The van der Waals surface area contributed by atoms with E-state index in [0.29, 0.717) is 33.7 Å². The molecule has 0 radical (unpaired) electrons. The maximum atomic E-state index is 12.6. The molecular weight excluding hydrogens is 410 g/mol. The van der Waals surface area contributed by atoms with E-state index in [1.54, 1.807) is 70.7 Å². The van der Waals surface area contributed by atoms with Crippen LogP contribution in [0, 0.1) is 0 Å². The van der Waals surface area contributed by atoms with Gasteiger partial charge in [0.15, 0.2) is 6.10 Å². The molecule has 0 aliphatic heterocycles. The number of carbonyl (C=O) groups is 1. The van der Waals surface area contributed by atoms with E-state index in [0.717, 1.165) is 0 Å². The average molecular weight is 432 g/mol. The fourth-order valence-corrected chi connectivity index (χ4v) is 2.98. The van der Waals surface area contributed by atoms with Crippen molar-refractivity contribution in [3.05, 3.63) is 53.4 Å². The molecule has 30 heavy (non-hydrogen) atoms. The van der Waals surface area contributed by atoms with E-state index in [2.05, 4.69) is 10.1 Å². The molecule has 9 heteroatoms. The van der Waals surface area contributed by atoms with Crippen molar-refractivity contribution in [2.75, 3.05) is 21.3 Å². The summed E-state index contributed by atoms with van der Waals surface area (Å²) in [6.45, 7) is 1.80. The van der Waals surface area contributed by atoms with Crippen LogP contribution >= 0.6 is 11.6 Å². The first-order valence-electron chi connectivity index (χ1n) is 9.13. The van der Waals surface area contributed by atoms with Crippen molar-refractivity contribution in [2.45, 2.75) is 19.6 Å². The molecule has 0 aliphatic carbocycles. The number of nitrogens with zero attached hydrogens (tertiary/aromatic N) is 3. The lowest BCUT2D eigenvalue weighted by Gasteiger charge is -2.20. The van der Waals surface area contributed by atoms with Crippen LogP contribution in [0.2, 0.25) is 5.02 Å². The van der Waals surface area contributed by atoms with Gasteiger partial charge in [-0.05, 0) is 37.3 Å². The molecule has 0 bridgehead atoms. The van der Waals surface area contributed by atoms with Crippen molar-refractivity contribution in [3.8, 4) is 28.6 Å². The van der Waals surface area contributed by atoms with Crippen LogP contribution in [0.4, 0.5) is 0 Å². The molecule has 0 saturated carbocycles. The number of likely N-dealkylation sites (N-methyl/N-ethyl adjacent to an activating group) is 1. The molecule has 0 fully saturated rings. The first-order valence-corrected chi connectivity index (χ1v) is 9.51. The van der Waals surface area contributed by atoms with Gasteiger partial charge in [0.1, 0.15) is 17.2 Å². The smallest absolute Gasteiger partial charge is 0.263 e. The number of halogens is 1. The van der Waals surface area contributed by atoms with Gasteiger partial charge >= 0.3 is 0 Å². The minimum atomic E-state index is -0.711. The van der Waals surface area contributed by atoms with Crippen LogP contribution < -0.4 is 14.2 Å². The largest absolute Gasteiger partial charge is 0.497 e. The Bertz CT molecular complexity index is 1020. The zero-order valence-corrected chi connectivity index (χ0v) is 17.8. The molecule has 1 unspecified atom stereocenters. The summed E-state index contributed by atoms with van der Waals surface area (Å²) in [5.74, 6) is 2.12. The average Bonchev–Trinajstić information content (AvgIpc) is 3.20. The molecule has 3 rings (SSSR count). The number of amides is 1. The zero-order chi connectivity index (χ0) is 21.7. The Hall–Kier alpha value is -3.26. The van der Waals surface area contributed by atoms with Gasteiger partial charge in [0.05, 0.1) is 26.3 Å². The van der Waals surface area contributed by atoms with Gasteiger partial charge in [-0.3, -0.25) is 4.79 Å². The Kier molecular flexibility index (Phi) is 6.79. The summed E-state index contributed by atoms with van der Waals surface area (Å²) in [5, 5.41) is 4.53. The van der Waals surface area contributed by atoms with Crippen LogP contribution in [0.15, 0.2) is 47.0 Å². The quantitative estimate of drug-likeness (QED) is 0.535. The van der Waals surface area contributed by atoms with Gasteiger partial charge in [-0.1, -0.05) is 22.8 Å². The van der Waals surface area contributed by atoms with Crippen molar-refractivity contribution in [1.82, 2.24) is 15.0 Å². The molecule has 0 saturated heterocycles. The van der Waals surface area contributed by atoms with Crippen molar-refractivity contribution >= 4 is 17.5 Å². The molecule has 2 aromatic carbocycles. The Morgan fingerprint density at radius 2 is 1.97 bits per heavy atom. The van der Waals surface area contributed by atoms with Crippen LogP contribution in [0.5, 0.6) is 17.2 Å². The predicted molar refractivity (Wildman–Crippen MR) is 111 cm³/mol. The summed E-state index contributed by atoms with van der Waals surface area (Å²) < 4.78 is 21.6. The first-order chi connectivity index (χ1) is 14.4. The standard InChI is InChI=1S/C21H22ClN3O5/c1-13(29-16-7-5-6-14(22)10-16)21(26)25(2)12-19-23-20(24-30-19)17-9-8-15(27-3)11-18(17)28-4/h5-11,13H,12H2,1-4H3. The topological polar surface area (TPSA) is 86.9 Å². The van der Waals surface area contributed by atoms with E-state index in [9.17, 15) is 4.79 Å².